The number of rotatable bonds is 11. The Morgan fingerprint density at radius 1 is 1.08 bits per heavy atom. The molecule has 1 aliphatic heterocycles. The Balaban J connectivity index is 1.52. The van der Waals surface area contributed by atoms with Gasteiger partial charge in [-0.2, -0.15) is 4.31 Å². The number of aliphatic hydroxyl groups is 1. The van der Waals surface area contributed by atoms with Crippen molar-refractivity contribution in [3.05, 3.63) is 60.2 Å². The van der Waals surface area contributed by atoms with E-state index in [1.54, 1.807) is 29.2 Å². The van der Waals surface area contributed by atoms with E-state index in [2.05, 4.69) is 12.1 Å². The Morgan fingerprint density at radius 2 is 1.73 bits per heavy atom. The van der Waals surface area contributed by atoms with Gasteiger partial charge in [0.1, 0.15) is 5.75 Å². The first-order valence-electron chi connectivity index (χ1n) is 13.3. The third-order valence-corrected chi connectivity index (χ3v) is 9.64. The Kier molecular flexibility index (Phi) is 8.61. The molecule has 0 radical (unpaired) electrons. The number of carbonyl (C=O) groups is 1. The molecule has 0 spiro atoms. The van der Waals surface area contributed by atoms with Crippen LogP contribution in [0.2, 0.25) is 0 Å². The van der Waals surface area contributed by atoms with E-state index in [0.717, 1.165) is 31.2 Å². The minimum Gasteiger partial charge on any atom is -0.497 e. The highest BCUT2D eigenvalue weighted by Gasteiger charge is 2.45. The Morgan fingerprint density at radius 3 is 2.35 bits per heavy atom. The molecule has 2 fully saturated rings. The lowest BCUT2D eigenvalue weighted by Gasteiger charge is -2.31. The summed E-state index contributed by atoms with van der Waals surface area (Å²) in [6, 6.07) is 16.4. The molecule has 2 atom stereocenters. The topological polar surface area (TPSA) is 87.2 Å². The standard InChI is InChI=1S/C29H40N2O5S/c1-29(2)18-24(17-22-9-5-4-6-10-22)31(28(29)33)21-25(32)20-30(19-23-11-7-8-12-23)37(34,35)27-15-13-26(36-3)14-16-27/h4-6,9-10,13-16,23-25,32H,7-8,11-12,17-21H2,1-3H3/t24-,25?/m0/s1. The van der Waals surface area contributed by atoms with Crippen molar-refractivity contribution in [3.8, 4) is 5.75 Å². The number of carbonyl (C=O) groups excluding carboxylic acids is 1. The number of aliphatic hydroxyl groups excluding tert-OH is 1. The molecule has 4 rings (SSSR count). The molecular weight excluding hydrogens is 488 g/mol. The molecular formula is C29H40N2O5S. The summed E-state index contributed by atoms with van der Waals surface area (Å²) in [5.41, 5.74) is 0.625. The van der Waals surface area contributed by atoms with Crippen LogP contribution in [0.4, 0.5) is 0 Å². The lowest BCUT2D eigenvalue weighted by atomic mass is 9.88. The van der Waals surface area contributed by atoms with E-state index < -0.39 is 21.5 Å². The van der Waals surface area contributed by atoms with Crippen LogP contribution in [0.3, 0.4) is 0 Å². The van der Waals surface area contributed by atoms with Gasteiger partial charge in [0.25, 0.3) is 0 Å². The van der Waals surface area contributed by atoms with E-state index in [1.807, 2.05) is 32.0 Å². The second-order valence-electron chi connectivity index (χ2n) is 11.2. The third kappa shape index (κ3) is 6.54. The molecule has 2 aromatic carbocycles. The molecule has 1 aliphatic carbocycles. The lowest BCUT2D eigenvalue weighted by molar-refractivity contribution is -0.136. The fourth-order valence-corrected chi connectivity index (χ4v) is 7.36. The SMILES string of the molecule is COc1ccc(S(=O)(=O)N(CC(O)CN2C(=O)C(C)(C)C[C@@H]2Cc2ccccc2)CC2CCCC2)cc1. The number of ether oxygens (including phenoxy) is 1. The van der Waals surface area contributed by atoms with E-state index in [-0.39, 0.29) is 35.9 Å². The van der Waals surface area contributed by atoms with Crippen molar-refractivity contribution in [2.45, 2.75) is 69.4 Å². The average Bonchev–Trinajstić information content (AvgIpc) is 3.46. The van der Waals surface area contributed by atoms with Crippen molar-refractivity contribution in [2.75, 3.05) is 26.7 Å². The number of hydrogen-bond donors (Lipinski definition) is 1. The van der Waals surface area contributed by atoms with Crippen molar-refractivity contribution in [1.82, 2.24) is 9.21 Å². The van der Waals surface area contributed by atoms with Gasteiger partial charge in [0.05, 0.1) is 18.1 Å². The summed E-state index contributed by atoms with van der Waals surface area (Å²) in [5, 5.41) is 11.2. The minimum atomic E-state index is -3.83. The molecule has 1 saturated carbocycles. The largest absolute Gasteiger partial charge is 0.497 e. The van der Waals surface area contributed by atoms with Gasteiger partial charge in [-0.1, -0.05) is 57.0 Å². The van der Waals surface area contributed by atoms with Gasteiger partial charge < -0.3 is 14.7 Å². The van der Waals surface area contributed by atoms with E-state index >= 15 is 0 Å². The fraction of sp³-hybridized carbons (Fsp3) is 0.552. The van der Waals surface area contributed by atoms with Gasteiger partial charge in [-0.05, 0) is 61.4 Å². The molecule has 2 aliphatic rings. The Labute approximate surface area is 221 Å². The Bertz CT molecular complexity index is 1140. The lowest BCUT2D eigenvalue weighted by Crippen LogP contribution is -2.47. The summed E-state index contributed by atoms with van der Waals surface area (Å²) in [5.74, 6) is 0.868. The molecule has 1 saturated heterocycles. The van der Waals surface area contributed by atoms with E-state index in [1.165, 1.54) is 11.4 Å². The van der Waals surface area contributed by atoms with Crippen LogP contribution in [-0.2, 0) is 21.2 Å². The quantitative estimate of drug-likeness (QED) is 0.474. The highest BCUT2D eigenvalue weighted by molar-refractivity contribution is 7.89. The van der Waals surface area contributed by atoms with E-state index in [0.29, 0.717) is 25.1 Å². The number of sulfonamides is 1. The molecule has 0 bridgehead atoms. The highest BCUT2D eigenvalue weighted by atomic mass is 32.2. The number of likely N-dealkylation sites (tertiary alicyclic amines) is 1. The van der Waals surface area contributed by atoms with Crippen molar-refractivity contribution >= 4 is 15.9 Å². The van der Waals surface area contributed by atoms with Crippen molar-refractivity contribution < 1.29 is 23.1 Å². The number of β-amino-alcohol motifs (C(OH)–C–C–N with tert-alkyl or cyclic N) is 1. The van der Waals surface area contributed by atoms with Crippen LogP contribution < -0.4 is 4.74 Å². The average molecular weight is 529 g/mol. The normalized spacial score (nSPS) is 21.1. The van der Waals surface area contributed by atoms with Crippen molar-refractivity contribution in [2.24, 2.45) is 11.3 Å². The zero-order chi connectivity index (χ0) is 26.6. The first kappa shape index (κ1) is 27.6. The van der Waals surface area contributed by atoms with Crippen LogP contribution in [0, 0.1) is 11.3 Å². The van der Waals surface area contributed by atoms with E-state index in [9.17, 15) is 18.3 Å². The van der Waals surface area contributed by atoms with Crippen molar-refractivity contribution in [1.29, 1.82) is 0 Å². The fourth-order valence-electron chi connectivity index (χ4n) is 5.81. The molecule has 1 unspecified atom stereocenters. The van der Waals surface area contributed by atoms with Gasteiger partial charge in [0.15, 0.2) is 0 Å². The summed E-state index contributed by atoms with van der Waals surface area (Å²) in [6.45, 7) is 4.32. The van der Waals surface area contributed by atoms with Crippen LogP contribution in [0.5, 0.6) is 5.75 Å². The van der Waals surface area contributed by atoms with Gasteiger partial charge in [0, 0.05) is 31.1 Å². The third-order valence-electron chi connectivity index (χ3n) is 7.80. The van der Waals surface area contributed by atoms with Crippen LogP contribution in [0.25, 0.3) is 0 Å². The van der Waals surface area contributed by atoms with Gasteiger partial charge in [-0.15, -0.1) is 0 Å². The van der Waals surface area contributed by atoms with Crippen LogP contribution in [0.15, 0.2) is 59.5 Å². The number of hydrogen-bond acceptors (Lipinski definition) is 5. The molecule has 202 valence electrons. The van der Waals surface area contributed by atoms with Crippen LogP contribution >= 0.6 is 0 Å². The predicted octanol–water partition coefficient (Wildman–Crippen LogP) is 4.11. The molecule has 1 N–H and O–H groups in total. The maximum atomic E-state index is 13.7. The second kappa shape index (κ2) is 11.5. The number of methoxy groups -OCH3 is 1. The number of amides is 1. The van der Waals surface area contributed by atoms with E-state index in [4.69, 9.17) is 4.74 Å². The van der Waals surface area contributed by atoms with Crippen LogP contribution in [-0.4, -0.2) is 67.5 Å². The van der Waals surface area contributed by atoms with Gasteiger partial charge in [-0.3, -0.25) is 4.79 Å². The van der Waals surface area contributed by atoms with Gasteiger partial charge in [0.2, 0.25) is 15.9 Å². The smallest absolute Gasteiger partial charge is 0.243 e. The van der Waals surface area contributed by atoms with Crippen LogP contribution in [0.1, 0.15) is 51.5 Å². The Hall–Kier alpha value is -2.42. The maximum Gasteiger partial charge on any atom is 0.243 e. The second-order valence-corrected chi connectivity index (χ2v) is 13.1. The van der Waals surface area contributed by atoms with Gasteiger partial charge >= 0.3 is 0 Å². The molecule has 2 aromatic rings. The summed E-state index contributed by atoms with van der Waals surface area (Å²) >= 11 is 0. The monoisotopic (exact) mass is 528 g/mol. The maximum absolute atomic E-state index is 13.7. The summed E-state index contributed by atoms with van der Waals surface area (Å²) in [6.07, 6.45) is 4.59. The first-order valence-corrected chi connectivity index (χ1v) is 14.7. The zero-order valence-electron chi connectivity index (χ0n) is 22.2. The summed E-state index contributed by atoms with van der Waals surface area (Å²) in [7, 11) is -2.29. The molecule has 8 heteroatoms. The highest BCUT2D eigenvalue weighted by Crippen LogP contribution is 2.37. The summed E-state index contributed by atoms with van der Waals surface area (Å²) in [4.78, 5) is 15.2. The molecule has 37 heavy (non-hydrogen) atoms. The first-order chi connectivity index (χ1) is 17.6. The van der Waals surface area contributed by atoms with Crippen molar-refractivity contribution in [3.63, 3.8) is 0 Å². The molecule has 1 heterocycles. The number of nitrogens with zero attached hydrogens (tertiary/aromatic N) is 2. The number of benzene rings is 2. The summed E-state index contributed by atoms with van der Waals surface area (Å²) < 4.78 is 33.9. The predicted molar refractivity (Wildman–Crippen MR) is 144 cm³/mol. The van der Waals surface area contributed by atoms with Gasteiger partial charge in [-0.25, -0.2) is 8.42 Å². The molecule has 7 nitrogen and oxygen atoms in total. The molecule has 0 aromatic heterocycles. The molecule has 1 amide bonds. The zero-order valence-corrected chi connectivity index (χ0v) is 23.0. The minimum absolute atomic E-state index is 0.00726.